The first-order valence-corrected chi connectivity index (χ1v) is 14.1. The van der Waals surface area contributed by atoms with Crippen LogP contribution in [-0.4, -0.2) is 34.2 Å². The molecular weight excluding hydrogens is 589 g/mol. The van der Waals surface area contributed by atoms with Crippen LogP contribution in [0.5, 0.6) is 0 Å². The first-order chi connectivity index (χ1) is 20.6. The topological polar surface area (TPSA) is 59.0 Å². The van der Waals surface area contributed by atoms with Crippen molar-refractivity contribution >= 4 is 22.6 Å². The average Bonchev–Trinajstić information content (AvgIpc) is 3.24. The van der Waals surface area contributed by atoms with Gasteiger partial charge in [-0.05, 0) is 78.6 Å². The van der Waals surface area contributed by atoms with E-state index in [1.807, 2.05) is 67.9 Å². The lowest BCUT2D eigenvalue weighted by Gasteiger charge is -2.40. The second-order valence-electron chi connectivity index (χ2n) is 11.5. The normalized spacial score (nSPS) is 21.0. The number of amides is 1. The minimum absolute atomic E-state index is 0.0451. The van der Waals surface area contributed by atoms with Crippen LogP contribution in [-0.2, 0) is 18.0 Å². The Hall–Kier alpha value is -3.93. The fraction of sp³-hybridized carbons (Fsp3) is 0.375. The van der Waals surface area contributed by atoms with Crippen LogP contribution in [0.15, 0.2) is 60.7 Å². The summed E-state index contributed by atoms with van der Waals surface area (Å²) in [6.45, 7) is 2.49. The van der Waals surface area contributed by atoms with E-state index in [9.17, 15) is 35.5 Å². The van der Waals surface area contributed by atoms with Gasteiger partial charge in [0.15, 0.2) is 0 Å². The maximum atomic E-state index is 14.5. The number of carbonyl (C=O) groups is 1. The van der Waals surface area contributed by atoms with E-state index < -0.39 is 53.8 Å². The number of benzene rings is 3. The molecule has 12 heteroatoms. The molecule has 3 aromatic carbocycles. The van der Waals surface area contributed by atoms with Crippen molar-refractivity contribution < 1.29 is 35.5 Å². The highest BCUT2D eigenvalue weighted by molar-refractivity contribution is 5.93. The third kappa shape index (κ3) is 6.74. The first-order valence-electron chi connectivity index (χ1n) is 14.1. The molecule has 0 aliphatic heterocycles. The number of anilines is 1. The van der Waals surface area contributed by atoms with Gasteiger partial charge < -0.3 is 15.2 Å². The van der Waals surface area contributed by atoms with Crippen molar-refractivity contribution in [2.75, 3.05) is 11.9 Å². The molecule has 1 aliphatic carbocycles. The van der Waals surface area contributed by atoms with Crippen molar-refractivity contribution in [3.8, 4) is 11.1 Å². The van der Waals surface area contributed by atoms with E-state index in [0.717, 1.165) is 39.6 Å². The zero-order valence-corrected chi connectivity index (χ0v) is 24.2. The molecule has 4 atom stereocenters. The number of imidazole rings is 1. The third-order valence-corrected chi connectivity index (χ3v) is 8.61. The second-order valence-corrected chi connectivity index (χ2v) is 11.5. The van der Waals surface area contributed by atoms with E-state index in [-0.39, 0.29) is 18.3 Å². The Morgan fingerprint density at radius 2 is 1.64 bits per heavy atom. The van der Waals surface area contributed by atoms with E-state index in [0.29, 0.717) is 18.6 Å². The Bertz CT molecular complexity index is 1660. The molecule has 1 aromatic heterocycles. The zero-order chi connectivity index (χ0) is 32.0. The number of alkyl halides is 6. The van der Waals surface area contributed by atoms with Crippen LogP contribution in [0.25, 0.3) is 22.2 Å². The number of nitrogens with one attached hydrogen (secondary N) is 2. The molecule has 1 amide bonds. The average molecular weight is 621 g/mol. The summed E-state index contributed by atoms with van der Waals surface area (Å²) in [4.78, 5) is 17.9. The van der Waals surface area contributed by atoms with Crippen molar-refractivity contribution in [2.45, 2.75) is 51.0 Å². The quantitative estimate of drug-likeness (QED) is 0.215. The second kappa shape index (κ2) is 11.9. The van der Waals surface area contributed by atoms with Gasteiger partial charge in [0, 0.05) is 19.0 Å². The maximum absolute atomic E-state index is 14.5. The van der Waals surface area contributed by atoms with Gasteiger partial charge in [0.1, 0.15) is 11.6 Å². The van der Waals surface area contributed by atoms with Crippen molar-refractivity contribution in [1.29, 1.82) is 0 Å². The largest absolute Gasteiger partial charge is 0.416 e. The van der Waals surface area contributed by atoms with E-state index in [2.05, 4.69) is 15.6 Å². The molecule has 1 fully saturated rings. The Labute approximate surface area is 249 Å². The number of hydrogen-bond acceptors (Lipinski definition) is 3. The molecule has 5 nitrogen and oxygen atoms in total. The molecule has 0 bridgehead atoms. The predicted molar refractivity (Wildman–Crippen MR) is 153 cm³/mol. The number of aryl methyl sites for hydroxylation is 2. The summed E-state index contributed by atoms with van der Waals surface area (Å²) in [7, 11) is 1.94. The Morgan fingerprint density at radius 3 is 2.27 bits per heavy atom. The number of nitrogens with zero attached hydrogens (tertiary/aromatic N) is 2. The van der Waals surface area contributed by atoms with Crippen molar-refractivity contribution in [2.24, 2.45) is 18.9 Å². The van der Waals surface area contributed by atoms with Gasteiger partial charge >= 0.3 is 12.4 Å². The Balaban J connectivity index is 1.39. The number of aromatic nitrogens is 2. The molecule has 44 heavy (non-hydrogen) atoms. The molecule has 0 spiro atoms. The minimum Gasteiger partial charge on any atom is -0.331 e. The molecule has 5 rings (SSSR count). The summed E-state index contributed by atoms with van der Waals surface area (Å²) >= 11 is 0. The highest BCUT2D eigenvalue weighted by Crippen LogP contribution is 2.43. The highest BCUT2D eigenvalue weighted by atomic mass is 19.4. The standard InChI is InChI=1S/C32H31F7N4O/c1-17-24(20-6-4-19(5-7-20)21-8-11-29-28(12-21)41-18(2)43(29)3)14-23(40-16-31(34,35)36)15-25(17)30(44)42-27-10-9-22(13-26(27)33)32(37,38)39/h4-13,17,23-25,40H,14-16H2,1-3H3,(H,42,44)/t17-,23?,24?,25?/m1/s1. The van der Waals surface area contributed by atoms with Crippen molar-refractivity contribution in [3.63, 3.8) is 0 Å². The summed E-state index contributed by atoms with van der Waals surface area (Å²) in [5.41, 5.74) is 2.91. The zero-order valence-electron chi connectivity index (χ0n) is 24.2. The summed E-state index contributed by atoms with van der Waals surface area (Å²) in [5, 5.41) is 4.88. The molecule has 0 saturated heterocycles. The Morgan fingerprint density at radius 1 is 0.955 bits per heavy atom. The molecule has 3 unspecified atom stereocenters. The number of halogens is 7. The van der Waals surface area contributed by atoms with Crippen molar-refractivity contribution in [3.05, 3.63) is 83.4 Å². The third-order valence-electron chi connectivity index (χ3n) is 8.61. The van der Waals surface area contributed by atoms with Crippen LogP contribution in [0.2, 0.25) is 0 Å². The predicted octanol–water partition coefficient (Wildman–Crippen LogP) is 8.00. The van der Waals surface area contributed by atoms with E-state index in [4.69, 9.17) is 0 Å². The summed E-state index contributed by atoms with van der Waals surface area (Å²) in [6, 6.07) is 14.7. The molecule has 1 saturated carbocycles. The molecular formula is C32H31F7N4O. The fourth-order valence-electron chi connectivity index (χ4n) is 6.07. The molecule has 1 heterocycles. The van der Waals surface area contributed by atoms with Gasteiger partial charge in [-0.3, -0.25) is 4.79 Å². The summed E-state index contributed by atoms with van der Waals surface area (Å²) in [5.74, 6) is -2.57. The van der Waals surface area contributed by atoms with Gasteiger partial charge in [0.05, 0.1) is 28.8 Å². The SMILES string of the molecule is Cc1nc2cc(-c3ccc(C4CC(NCC(F)(F)F)CC(C(=O)Nc5ccc(C(F)(F)F)cc5F)[C@@H]4C)cc3)ccc2n1C. The molecule has 1 aliphatic rings. The molecule has 4 aromatic rings. The fourth-order valence-corrected chi connectivity index (χ4v) is 6.07. The van der Waals surface area contributed by atoms with Gasteiger partial charge in [-0.25, -0.2) is 9.37 Å². The van der Waals surface area contributed by atoms with Gasteiger partial charge in [-0.15, -0.1) is 0 Å². The van der Waals surface area contributed by atoms with Crippen LogP contribution in [0.4, 0.5) is 36.4 Å². The first kappa shape index (κ1) is 31.5. The van der Waals surface area contributed by atoms with E-state index in [1.54, 1.807) is 0 Å². The number of hydrogen-bond donors (Lipinski definition) is 2. The molecule has 234 valence electrons. The van der Waals surface area contributed by atoms with Gasteiger partial charge in [0.2, 0.25) is 5.91 Å². The highest BCUT2D eigenvalue weighted by Gasteiger charge is 2.41. The van der Waals surface area contributed by atoms with E-state index >= 15 is 0 Å². The summed E-state index contributed by atoms with van der Waals surface area (Å²) < 4.78 is 94.6. The van der Waals surface area contributed by atoms with Crippen LogP contribution < -0.4 is 10.6 Å². The van der Waals surface area contributed by atoms with Crippen LogP contribution in [0.3, 0.4) is 0 Å². The lowest BCUT2D eigenvalue weighted by atomic mass is 9.68. The van der Waals surface area contributed by atoms with Crippen LogP contribution in [0.1, 0.15) is 42.6 Å². The van der Waals surface area contributed by atoms with Gasteiger partial charge in [-0.1, -0.05) is 37.3 Å². The van der Waals surface area contributed by atoms with E-state index in [1.165, 1.54) is 0 Å². The summed E-state index contributed by atoms with van der Waals surface area (Å²) in [6.07, 6.45) is -8.85. The number of fused-ring (bicyclic) bond motifs is 1. The Kier molecular flexibility index (Phi) is 8.50. The van der Waals surface area contributed by atoms with Gasteiger partial charge in [0.25, 0.3) is 0 Å². The smallest absolute Gasteiger partial charge is 0.331 e. The van der Waals surface area contributed by atoms with Crippen LogP contribution in [0, 0.1) is 24.6 Å². The van der Waals surface area contributed by atoms with Crippen molar-refractivity contribution in [1.82, 2.24) is 14.9 Å². The molecule has 0 radical (unpaired) electrons. The minimum atomic E-state index is -4.76. The number of rotatable bonds is 6. The van der Waals surface area contributed by atoms with Gasteiger partial charge in [-0.2, -0.15) is 26.3 Å². The molecule has 2 N–H and O–H groups in total. The van der Waals surface area contributed by atoms with Crippen LogP contribution >= 0.6 is 0 Å². The monoisotopic (exact) mass is 620 g/mol. The lowest BCUT2D eigenvalue weighted by molar-refractivity contribution is -0.137. The lowest BCUT2D eigenvalue weighted by Crippen LogP contribution is -2.47. The maximum Gasteiger partial charge on any atom is 0.416 e. The number of carbonyl (C=O) groups excluding carboxylic acids is 1.